The number of hydrogen-bond donors (Lipinski definition) is 1. The minimum atomic E-state index is -0.379. The van der Waals surface area contributed by atoms with Crippen LogP contribution in [0.15, 0.2) is 18.3 Å². The number of rotatable bonds is 6. The van der Waals surface area contributed by atoms with Crippen molar-refractivity contribution in [1.29, 1.82) is 0 Å². The quantitative estimate of drug-likeness (QED) is 0.783. The molecule has 1 unspecified atom stereocenters. The fourth-order valence-corrected chi connectivity index (χ4v) is 1.69. The molecule has 5 nitrogen and oxygen atoms in total. The zero-order valence-corrected chi connectivity index (χ0v) is 11.4. The molecule has 1 atom stereocenters. The third-order valence-corrected chi connectivity index (χ3v) is 2.77. The average molecular weight is 251 g/mol. The Balaban J connectivity index is 2.68. The van der Waals surface area contributed by atoms with E-state index in [0.717, 1.165) is 24.6 Å². The Labute approximate surface area is 108 Å². The molecule has 100 valence electrons. The summed E-state index contributed by atoms with van der Waals surface area (Å²) in [6, 6.07) is 3.48. The van der Waals surface area contributed by atoms with Crippen LogP contribution in [0.1, 0.15) is 20.8 Å². The molecule has 0 aliphatic heterocycles. The molecule has 5 heteroatoms. The normalized spacial score (nSPS) is 11.8. The van der Waals surface area contributed by atoms with Crippen LogP contribution in [0.25, 0.3) is 0 Å². The lowest BCUT2D eigenvalue weighted by Gasteiger charge is -2.20. The first-order valence-corrected chi connectivity index (χ1v) is 6.17. The van der Waals surface area contributed by atoms with Gasteiger partial charge in [0.05, 0.1) is 19.0 Å². The highest BCUT2D eigenvalue weighted by molar-refractivity contribution is 5.78. The Morgan fingerprint density at radius 1 is 1.44 bits per heavy atom. The van der Waals surface area contributed by atoms with Gasteiger partial charge in [0.1, 0.15) is 11.9 Å². The van der Waals surface area contributed by atoms with E-state index in [-0.39, 0.29) is 12.0 Å². The third kappa shape index (κ3) is 3.61. The number of esters is 1. The van der Waals surface area contributed by atoms with Crippen molar-refractivity contribution in [1.82, 2.24) is 4.98 Å². The predicted molar refractivity (Wildman–Crippen MR) is 72.9 cm³/mol. The minimum Gasteiger partial charge on any atom is -0.467 e. The van der Waals surface area contributed by atoms with Gasteiger partial charge in [0.2, 0.25) is 0 Å². The monoisotopic (exact) mass is 251 g/mol. The van der Waals surface area contributed by atoms with Gasteiger partial charge >= 0.3 is 5.97 Å². The second-order valence-electron chi connectivity index (χ2n) is 3.97. The number of ether oxygens (including phenoxy) is 1. The van der Waals surface area contributed by atoms with Crippen LogP contribution in [0, 0.1) is 0 Å². The Morgan fingerprint density at radius 2 is 2.11 bits per heavy atom. The maximum Gasteiger partial charge on any atom is 0.327 e. The van der Waals surface area contributed by atoms with E-state index in [1.807, 2.05) is 12.1 Å². The van der Waals surface area contributed by atoms with Crippen LogP contribution in [-0.4, -0.2) is 37.2 Å². The molecule has 0 radical (unpaired) electrons. The fraction of sp³-hybridized carbons (Fsp3) is 0.538. The minimum absolute atomic E-state index is 0.289. The van der Waals surface area contributed by atoms with Gasteiger partial charge < -0.3 is 15.0 Å². The highest BCUT2D eigenvalue weighted by Gasteiger charge is 2.12. The SMILES string of the molecule is CCN(CC)c1ccc(NC(C)C(=O)OC)cn1. The van der Waals surface area contributed by atoms with Gasteiger partial charge in [-0.3, -0.25) is 0 Å². The van der Waals surface area contributed by atoms with E-state index in [9.17, 15) is 4.79 Å². The summed E-state index contributed by atoms with van der Waals surface area (Å²) in [5, 5.41) is 3.04. The second-order valence-corrected chi connectivity index (χ2v) is 3.97. The summed E-state index contributed by atoms with van der Waals surface area (Å²) in [6.07, 6.45) is 1.73. The second kappa shape index (κ2) is 6.83. The topological polar surface area (TPSA) is 54.5 Å². The molecular formula is C13H21N3O2. The summed E-state index contributed by atoms with van der Waals surface area (Å²) in [7, 11) is 1.38. The zero-order valence-electron chi connectivity index (χ0n) is 11.4. The molecule has 0 saturated carbocycles. The lowest BCUT2D eigenvalue weighted by Crippen LogP contribution is -2.27. The number of carbonyl (C=O) groups is 1. The number of methoxy groups -OCH3 is 1. The van der Waals surface area contributed by atoms with E-state index in [1.165, 1.54) is 7.11 Å². The third-order valence-electron chi connectivity index (χ3n) is 2.77. The lowest BCUT2D eigenvalue weighted by atomic mass is 10.3. The van der Waals surface area contributed by atoms with Crippen LogP contribution < -0.4 is 10.2 Å². The number of anilines is 2. The molecule has 0 spiro atoms. The first-order valence-electron chi connectivity index (χ1n) is 6.17. The lowest BCUT2D eigenvalue weighted by molar-refractivity contribution is -0.141. The number of pyridine rings is 1. The Hall–Kier alpha value is -1.78. The van der Waals surface area contributed by atoms with Crippen molar-refractivity contribution in [3.63, 3.8) is 0 Å². The van der Waals surface area contributed by atoms with Crippen LogP contribution in [0.4, 0.5) is 11.5 Å². The summed E-state index contributed by atoms with van der Waals surface area (Å²) in [6.45, 7) is 7.79. The van der Waals surface area contributed by atoms with Gasteiger partial charge in [0.15, 0.2) is 0 Å². The van der Waals surface area contributed by atoms with E-state index in [2.05, 4.69) is 33.8 Å². The molecule has 0 saturated heterocycles. The maximum atomic E-state index is 11.3. The van der Waals surface area contributed by atoms with E-state index in [4.69, 9.17) is 0 Å². The van der Waals surface area contributed by atoms with E-state index in [1.54, 1.807) is 13.1 Å². The summed E-state index contributed by atoms with van der Waals surface area (Å²) in [4.78, 5) is 17.8. The predicted octanol–water partition coefficient (Wildman–Crippen LogP) is 1.90. The van der Waals surface area contributed by atoms with Crippen molar-refractivity contribution in [3.8, 4) is 0 Å². The fourth-order valence-electron chi connectivity index (χ4n) is 1.69. The summed E-state index contributed by atoms with van der Waals surface area (Å²) in [5.41, 5.74) is 0.809. The van der Waals surface area contributed by atoms with Gasteiger partial charge in [-0.05, 0) is 32.9 Å². The molecule has 18 heavy (non-hydrogen) atoms. The zero-order chi connectivity index (χ0) is 13.5. The van der Waals surface area contributed by atoms with Crippen LogP contribution in [-0.2, 0) is 9.53 Å². The largest absolute Gasteiger partial charge is 0.467 e. The molecule has 0 fully saturated rings. The molecule has 1 N–H and O–H groups in total. The molecule has 0 bridgehead atoms. The number of nitrogens with zero attached hydrogens (tertiary/aromatic N) is 2. The maximum absolute atomic E-state index is 11.3. The standard InChI is InChI=1S/C13H21N3O2/c1-5-16(6-2)12-8-7-11(9-14-12)15-10(3)13(17)18-4/h7-10,15H,5-6H2,1-4H3. The molecule has 0 aliphatic carbocycles. The highest BCUT2D eigenvalue weighted by atomic mass is 16.5. The number of carbonyl (C=O) groups excluding carboxylic acids is 1. The number of hydrogen-bond acceptors (Lipinski definition) is 5. The molecule has 1 rings (SSSR count). The van der Waals surface area contributed by atoms with Crippen molar-refractivity contribution < 1.29 is 9.53 Å². The number of nitrogens with one attached hydrogen (secondary N) is 1. The Kier molecular flexibility index (Phi) is 5.42. The Morgan fingerprint density at radius 3 is 2.56 bits per heavy atom. The summed E-state index contributed by atoms with van der Waals surface area (Å²) in [5.74, 6) is 0.652. The van der Waals surface area contributed by atoms with Crippen molar-refractivity contribution in [2.45, 2.75) is 26.8 Å². The molecule has 0 aromatic carbocycles. The summed E-state index contributed by atoms with van der Waals surface area (Å²) < 4.78 is 4.65. The van der Waals surface area contributed by atoms with Crippen molar-refractivity contribution >= 4 is 17.5 Å². The molecule has 0 aliphatic rings. The average Bonchev–Trinajstić information content (AvgIpc) is 2.41. The van der Waals surface area contributed by atoms with Crippen molar-refractivity contribution in [3.05, 3.63) is 18.3 Å². The van der Waals surface area contributed by atoms with Crippen LogP contribution in [0.5, 0.6) is 0 Å². The van der Waals surface area contributed by atoms with E-state index >= 15 is 0 Å². The van der Waals surface area contributed by atoms with Crippen LogP contribution in [0.2, 0.25) is 0 Å². The van der Waals surface area contributed by atoms with Gasteiger partial charge in [-0.25, -0.2) is 9.78 Å². The highest BCUT2D eigenvalue weighted by Crippen LogP contribution is 2.14. The molecule has 1 aromatic heterocycles. The van der Waals surface area contributed by atoms with Crippen molar-refractivity contribution in [2.75, 3.05) is 30.4 Å². The van der Waals surface area contributed by atoms with E-state index in [0.29, 0.717) is 0 Å². The molecule has 1 aromatic rings. The van der Waals surface area contributed by atoms with Gasteiger partial charge in [0, 0.05) is 13.1 Å². The van der Waals surface area contributed by atoms with E-state index < -0.39 is 0 Å². The molecule has 1 heterocycles. The first-order chi connectivity index (χ1) is 8.62. The van der Waals surface area contributed by atoms with Gasteiger partial charge in [-0.2, -0.15) is 0 Å². The molecular weight excluding hydrogens is 230 g/mol. The first kappa shape index (κ1) is 14.3. The summed E-state index contributed by atoms with van der Waals surface area (Å²) >= 11 is 0. The van der Waals surface area contributed by atoms with Gasteiger partial charge in [-0.15, -0.1) is 0 Å². The number of aromatic nitrogens is 1. The molecule has 0 amide bonds. The smallest absolute Gasteiger partial charge is 0.327 e. The van der Waals surface area contributed by atoms with Crippen LogP contribution in [0.3, 0.4) is 0 Å². The van der Waals surface area contributed by atoms with Gasteiger partial charge in [-0.1, -0.05) is 0 Å². The van der Waals surface area contributed by atoms with Gasteiger partial charge in [0.25, 0.3) is 0 Å². The van der Waals surface area contributed by atoms with Crippen molar-refractivity contribution in [2.24, 2.45) is 0 Å². The van der Waals surface area contributed by atoms with Crippen LogP contribution >= 0.6 is 0 Å². The Bertz CT molecular complexity index is 374.